The molecule has 3 aromatic rings. The number of carbonyl (C=O) groups is 1. The van der Waals surface area contributed by atoms with Gasteiger partial charge >= 0.3 is 0 Å². The Bertz CT molecular complexity index is 1230. The number of halogens is 1. The highest BCUT2D eigenvalue weighted by molar-refractivity contribution is 7.92. The molecule has 0 heterocycles. The van der Waals surface area contributed by atoms with E-state index in [2.05, 4.69) is 10.0 Å². The second-order valence-electron chi connectivity index (χ2n) is 7.20. The molecule has 31 heavy (non-hydrogen) atoms. The zero-order valence-corrected chi connectivity index (χ0v) is 19.0. The summed E-state index contributed by atoms with van der Waals surface area (Å²) in [6.45, 7) is 5.19. The highest BCUT2D eigenvalue weighted by Gasteiger charge is 2.18. The van der Waals surface area contributed by atoms with Crippen LogP contribution in [0.4, 0.5) is 11.4 Å². The van der Waals surface area contributed by atoms with Crippen LogP contribution in [0, 0.1) is 20.8 Å². The Labute approximate surface area is 187 Å². The second kappa shape index (κ2) is 9.41. The van der Waals surface area contributed by atoms with Crippen LogP contribution in [-0.2, 0) is 14.8 Å². The predicted molar refractivity (Wildman–Crippen MR) is 123 cm³/mol. The number of anilines is 2. The quantitative estimate of drug-likeness (QED) is 0.516. The van der Waals surface area contributed by atoms with E-state index in [-0.39, 0.29) is 11.5 Å². The van der Waals surface area contributed by atoms with Crippen LogP contribution in [0.2, 0.25) is 5.02 Å². The summed E-state index contributed by atoms with van der Waals surface area (Å²) < 4.78 is 33.9. The number of ether oxygens (including phenoxy) is 1. The van der Waals surface area contributed by atoms with Gasteiger partial charge in [0.25, 0.3) is 15.9 Å². The number of rotatable bonds is 7. The molecule has 0 spiro atoms. The monoisotopic (exact) mass is 458 g/mol. The topological polar surface area (TPSA) is 84.5 Å². The molecule has 0 fully saturated rings. The third-order valence-electron chi connectivity index (χ3n) is 4.53. The molecule has 0 saturated heterocycles. The van der Waals surface area contributed by atoms with Crippen molar-refractivity contribution in [3.63, 3.8) is 0 Å². The van der Waals surface area contributed by atoms with Crippen molar-refractivity contribution in [1.82, 2.24) is 0 Å². The SMILES string of the molecule is Cc1cccc(NS(=O)(=O)c2cc(NC(=O)COc3ccc(Cl)cc3C)ccc2C)c1. The predicted octanol–water partition coefficient (Wildman–Crippen LogP) is 5.08. The summed E-state index contributed by atoms with van der Waals surface area (Å²) in [6, 6.07) is 16.9. The van der Waals surface area contributed by atoms with E-state index in [1.54, 1.807) is 55.5 Å². The van der Waals surface area contributed by atoms with Crippen molar-refractivity contribution < 1.29 is 17.9 Å². The van der Waals surface area contributed by atoms with E-state index >= 15 is 0 Å². The second-order valence-corrected chi connectivity index (χ2v) is 9.29. The lowest BCUT2D eigenvalue weighted by molar-refractivity contribution is -0.118. The van der Waals surface area contributed by atoms with Gasteiger partial charge in [-0.25, -0.2) is 8.42 Å². The van der Waals surface area contributed by atoms with Gasteiger partial charge in [-0.05, 0) is 79.9 Å². The molecule has 0 saturated carbocycles. The summed E-state index contributed by atoms with van der Waals surface area (Å²) >= 11 is 5.92. The van der Waals surface area contributed by atoms with E-state index in [9.17, 15) is 13.2 Å². The van der Waals surface area contributed by atoms with E-state index in [1.165, 1.54) is 6.07 Å². The van der Waals surface area contributed by atoms with Gasteiger partial charge in [0.15, 0.2) is 6.61 Å². The number of hydrogen-bond donors (Lipinski definition) is 2. The standard InChI is InChI=1S/C23H23ClN2O4S/c1-15-5-4-6-20(11-15)26-31(28,29)22-13-19(9-7-16(22)2)25-23(27)14-30-21-10-8-18(24)12-17(21)3/h4-13,26H,14H2,1-3H3,(H,25,27). The molecule has 3 rings (SSSR count). The smallest absolute Gasteiger partial charge is 0.262 e. The number of aryl methyl sites for hydroxylation is 3. The fourth-order valence-electron chi connectivity index (χ4n) is 3.00. The van der Waals surface area contributed by atoms with Gasteiger partial charge in [0.2, 0.25) is 0 Å². The van der Waals surface area contributed by atoms with Crippen LogP contribution in [0.25, 0.3) is 0 Å². The van der Waals surface area contributed by atoms with Crippen LogP contribution in [0.1, 0.15) is 16.7 Å². The summed E-state index contributed by atoms with van der Waals surface area (Å²) in [7, 11) is -3.83. The van der Waals surface area contributed by atoms with Crippen molar-refractivity contribution in [2.45, 2.75) is 25.7 Å². The molecule has 0 atom stereocenters. The number of hydrogen-bond acceptors (Lipinski definition) is 4. The normalized spacial score (nSPS) is 11.1. The highest BCUT2D eigenvalue weighted by atomic mass is 35.5. The molecule has 8 heteroatoms. The van der Waals surface area contributed by atoms with Crippen molar-refractivity contribution >= 4 is 38.9 Å². The van der Waals surface area contributed by atoms with E-state index in [1.807, 2.05) is 19.9 Å². The largest absolute Gasteiger partial charge is 0.483 e. The Balaban J connectivity index is 1.72. The molecule has 0 bridgehead atoms. The van der Waals surface area contributed by atoms with Crippen LogP contribution in [0.15, 0.2) is 65.6 Å². The van der Waals surface area contributed by atoms with Gasteiger partial charge in [-0.3, -0.25) is 9.52 Å². The van der Waals surface area contributed by atoms with Gasteiger partial charge in [0, 0.05) is 16.4 Å². The van der Waals surface area contributed by atoms with Crippen molar-refractivity contribution in [2.24, 2.45) is 0 Å². The lowest BCUT2D eigenvalue weighted by Crippen LogP contribution is -2.21. The van der Waals surface area contributed by atoms with Gasteiger partial charge in [0.1, 0.15) is 5.75 Å². The minimum atomic E-state index is -3.83. The molecule has 2 N–H and O–H groups in total. The molecule has 0 radical (unpaired) electrons. The zero-order valence-electron chi connectivity index (χ0n) is 17.4. The minimum Gasteiger partial charge on any atom is -0.483 e. The lowest BCUT2D eigenvalue weighted by atomic mass is 10.2. The summed E-state index contributed by atoms with van der Waals surface area (Å²) in [5.74, 6) is 0.141. The van der Waals surface area contributed by atoms with Gasteiger partial charge in [-0.2, -0.15) is 0 Å². The molecule has 0 aromatic heterocycles. The number of benzene rings is 3. The summed E-state index contributed by atoms with van der Waals surface area (Å²) in [4.78, 5) is 12.4. The van der Waals surface area contributed by atoms with Gasteiger partial charge in [-0.1, -0.05) is 29.8 Å². The first-order chi connectivity index (χ1) is 14.6. The fourth-order valence-corrected chi connectivity index (χ4v) is 4.55. The first kappa shape index (κ1) is 22.7. The van der Waals surface area contributed by atoms with Crippen LogP contribution < -0.4 is 14.8 Å². The minimum absolute atomic E-state index is 0.0845. The first-order valence-electron chi connectivity index (χ1n) is 9.53. The number of carbonyl (C=O) groups excluding carboxylic acids is 1. The fraction of sp³-hybridized carbons (Fsp3) is 0.174. The van der Waals surface area contributed by atoms with Crippen molar-refractivity contribution in [3.05, 3.63) is 82.4 Å². The van der Waals surface area contributed by atoms with E-state index in [0.29, 0.717) is 27.7 Å². The van der Waals surface area contributed by atoms with Crippen molar-refractivity contribution in [2.75, 3.05) is 16.6 Å². The van der Waals surface area contributed by atoms with Crippen molar-refractivity contribution in [3.8, 4) is 5.75 Å². The van der Waals surface area contributed by atoms with E-state index in [4.69, 9.17) is 16.3 Å². The third kappa shape index (κ3) is 5.99. The summed E-state index contributed by atoms with van der Waals surface area (Å²) in [5.41, 5.74) is 3.14. The third-order valence-corrected chi connectivity index (χ3v) is 6.29. The Morgan fingerprint density at radius 1 is 0.935 bits per heavy atom. The average Bonchev–Trinajstić information content (AvgIpc) is 2.68. The molecule has 0 aliphatic heterocycles. The van der Waals surface area contributed by atoms with Crippen LogP contribution in [0.5, 0.6) is 5.75 Å². The van der Waals surface area contributed by atoms with Gasteiger partial charge in [-0.15, -0.1) is 0 Å². The zero-order chi connectivity index (χ0) is 22.6. The Morgan fingerprint density at radius 3 is 2.42 bits per heavy atom. The summed E-state index contributed by atoms with van der Waals surface area (Å²) in [6.07, 6.45) is 0. The molecular formula is C23H23ClN2O4S. The maximum absolute atomic E-state index is 12.9. The Morgan fingerprint density at radius 2 is 1.71 bits per heavy atom. The van der Waals surface area contributed by atoms with E-state index < -0.39 is 15.9 Å². The maximum atomic E-state index is 12.9. The maximum Gasteiger partial charge on any atom is 0.262 e. The molecule has 0 unspecified atom stereocenters. The number of sulfonamides is 1. The number of amides is 1. The molecule has 162 valence electrons. The van der Waals surface area contributed by atoms with Crippen LogP contribution >= 0.6 is 11.6 Å². The molecular weight excluding hydrogens is 436 g/mol. The molecule has 0 aliphatic rings. The van der Waals surface area contributed by atoms with Crippen molar-refractivity contribution in [1.29, 1.82) is 0 Å². The Kier molecular flexibility index (Phi) is 6.87. The first-order valence-corrected chi connectivity index (χ1v) is 11.4. The van der Waals surface area contributed by atoms with Crippen LogP contribution in [0.3, 0.4) is 0 Å². The Hall–Kier alpha value is -3.03. The molecule has 3 aromatic carbocycles. The molecule has 1 amide bonds. The number of nitrogens with one attached hydrogen (secondary N) is 2. The molecule has 0 aliphatic carbocycles. The lowest BCUT2D eigenvalue weighted by Gasteiger charge is -2.13. The average molecular weight is 459 g/mol. The van der Waals surface area contributed by atoms with E-state index in [0.717, 1.165) is 11.1 Å². The van der Waals surface area contributed by atoms with Gasteiger partial charge < -0.3 is 10.1 Å². The summed E-state index contributed by atoms with van der Waals surface area (Å²) in [5, 5.41) is 3.26. The van der Waals surface area contributed by atoms with Gasteiger partial charge in [0.05, 0.1) is 4.90 Å². The van der Waals surface area contributed by atoms with Crippen LogP contribution in [-0.4, -0.2) is 20.9 Å². The highest BCUT2D eigenvalue weighted by Crippen LogP contribution is 2.24. The molecule has 6 nitrogen and oxygen atoms in total.